The molecular weight excluding hydrogens is 140 g/mol. The largest absolute Gasteiger partial charge is 0.462 e. The molecule has 1 N–H and O–H groups in total. The first kappa shape index (κ1) is 10.0. The van der Waals surface area contributed by atoms with Crippen LogP contribution in [0.5, 0.6) is 6.01 Å². The summed E-state index contributed by atoms with van der Waals surface area (Å²) in [5, 5.41) is 0. The molecule has 0 saturated carbocycles. The highest BCUT2D eigenvalue weighted by molar-refractivity contribution is 4.92. The van der Waals surface area contributed by atoms with Crippen molar-refractivity contribution in [2.45, 2.75) is 33.8 Å². The summed E-state index contributed by atoms with van der Waals surface area (Å²) in [6, 6.07) is 0.588. The zero-order valence-corrected chi connectivity index (χ0v) is 7.59. The Morgan fingerprint density at radius 2 is 2.09 bits per heavy atom. The van der Waals surface area contributed by atoms with Gasteiger partial charge in [0.25, 0.3) is 6.01 Å². The Morgan fingerprint density at radius 3 is 2.45 bits per heavy atom. The van der Waals surface area contributed by atoms with Gasteiger partial charge in [0.2, 0.25) is 0 Å². The Balaban J connectivity index is 0.000000461. The summed E-state index contributed by atoms with van der Waals surface area (Å²) in [5.74, 6) is 0. The number of nitrogens with zero attached hydrogens (tertiary/aromatic N) is 1. The second kappa shape index (κ2) is 5.77. The fourth-order valence-electron chi connectivity index (χ4n) is 0.538. The van der Waals surface area contributed by atoms with Crippen molar-refractivity contribution in [3.8, 4) is 6.01 Å². The molecule has 64 valence electrons. The second-order valence-corrected chi connectivity index (χ2v) is 2.06. The molecule has 1 rings (SSSR count). The molecule has 0 aliphatic carbocycles. The molecule has 1 heterocycles. The van der Waals surface area contributed by atoms with E-state index in [0.717, 1.165) is 0 Å². The van der Waals surface area contributed by atoms with Gasteiger partial charge in [-0.05, 0) is 13.8 Å². The molecule has 0 aliphatic heterocycles. The Morgan fingerprint density at radius 1 is 1.45 bits per heavy atom. The predicted octanol–water partition coefficient (Wildman–Crippen LogP) is 2.22. The molecule has 1 aromatic rings. The van der Waals surface area contributed by atoms with Crippen molar-refractivity contribution < 1.29 is 4.74 Å². The summed E-state index contributed by atoms with van der Waals surface area (Å²) in [5.41, 5.74) is 0. The molecular formula is C8H16N2O. The third-order valence-corrected chi connectivity index (χ3v) is 0.820. The average molecular weight is 156 g/mol. The van der Waals surface area contributed by atoms with Gasteiger partial charge in [-0.25, -0.2) is 4.98 Å². The highest BCUT2D eigenvalue weighted by Gasteiger charge is 1.95. The third kappa shape index (κ3) is 4.42. The maximum Gasteiger partial charge on any atom is 0.293 e. The van der Waals surface area contributed by atoms with Crippen LogP contribution in [0.4, 0.5) is 0 Å². The van der Waals surface area contributed by atoms with Gasteiger partial charge < -0.3 is 9.72 Å². The Kier molecular flexibility index (Phi) is 5.25. The number of ether oxygens (including phenoxy) is 1. The molecule has 0 aliphatic rings. The number of hydrogen-bond donors (Lipinski definition) is 1. The lowest BCUT2D eigenvalue weighted by Gasteiger charge is -2.03. The molecule has 0 unspecified atom stereocenters. The van der Waals surface area contributed by atoms with Crippen LogP contribution in [-0.2, 0) is 0 Å². The van der Waals surface area contributed by atoms with E-state index in [1.54, 1.807) is 12.4 Å². The number of aromatic nitrogens is 2. The quantitative estimate of drug-likeness (QED) is 0.713. The molecule has 0 aromatic carbocycles. The van der Waals surface area contributed by atoms with Crippen LogP contribution in [0, 0.1) is 0 Å². The number of rotatable bonds is 2. The highest BCUT2D eigenvalue weighted by atomic mass is 16.5. The fourth-order valence-corrected chi connectivity index (χ4v) is 0.538. The number of H-pyrrole nitrogens is 1. The SMILES string of the molecule is CC.CC(C)Oc1ncc[nH]1. The number of aromatic amines is 1. The normalized spacial score (nSPS) is 8.82. The van der Waals surface area contributed by atoms with Crippen LogP contribution < -0.4 is 4.74 Å². The molecule has 0 bridgehead atoms. The summed E-state index contributed by atoms with van der Waals surface area (Å²) >= 11 is 0. The molecule has 3 nitrogen and oxygen atoms in total. The zero-order valence-electron chi connectivity index (χ0n) is 7.59. The summed E-state index contributed by atoms with van der Waals surface area (Å²) in [4.78, 5) is 6.71. The van der Waals surface area contributed by atoms with Gasteiger partial charge in [0.15, 0.2) is 0 Å². The third-order valence-electron chi connectivity index (χ3n) is 0.820. The lowest BCUT2D eigenvalue weighted by Crippen LogP contribution is -2.06. The summed E-state index contributed by atoms with van der Waals surface area (Å²) in [6.07, 6.45) is 3.59. The van der Waals surface area contributed by atoms with Gasteiger partial charge in [-0.1, -0.05) is 13.8 Å². The molecule has 0 fully saturated rings. The first-order valence-electron chi connectivity index (χ1n) is 3.95. The number of nitrogens with one attached hydrogen (secondary N) is 1. The topological polar surface area (TPSA) is 37.9 Å². The molecule has 0 atom stereocenters. The van der Waals surface area contributed by atoms with Crippen molar-refractivity contribution >= 4 is 0 Å². The van der Waals surface area contributed by atoms with Crippen molar-refractivity contribution in [3.05, 3.63) is 12.4 Å². The Hall–Kier alpha value is -0.990. The monoisotopic (exact) mass is 156 g/mol. The maximum atomic E-state index is 5.19. The van der Waals surface area contributed by atoms with Crippen LogP contribution in [-0.4, -0.2) is 16.1 Å². The molecule has 11 heavy (non-hydrogen) atoms. The van der Waals surface area contributed by atoms with Crippen LogP contribution >= 0.6 is 0 Å². The minimum Gasteiger partial charge on any atom is -0.462 e. The van der Waals surface area contributed by atoms with Crippen LogP contribution in [0.15, 0.2) is 12.4 Å². The summed E-state index contributed by atoms with van der Waals surface area (Å²) < 4.78 is 5.19. The first-order valence-corrected chi connectivity index (χ1v) is 3.95. The van der Waals surface area contributed by atoms with Crippen molar-refractivity contribution in [2.75, 3.05) is 0 Å². The van der Waals surface area contributed by atoms with E-state index in [-0.39, 0.29) is 6.10 Å². The van der Waals surface area contributed by atoms with Crippen molar-refractivity contribution in [3.63, 3.8) is 0 Å². The van der Waals surface area contributed by atoms with Crippen LogP contribution in [0.1, 0.15) is 27.7 Å². The van der Waals surface area contributed by atoms with Gasteiger partial charge in [0.1, 0.15) is 0 Å². The Labute approximate surface area is 67.8 Å². The van der Waals surface area contributed by atoms with Gasteiger partial charge in [-0.15, -0.1) is 0 Å². The van der Waals surface area contributed by atoms with E-state index in [2.05, 4.69) is 9.97 Å². The smallest absolute Gasteiger partial charge is 0.293 e. The first-order chi connectivity index (χ1) is 5.29. The van der Waals surface area contributed by atoms with Gasteiger partial charge in [-0.3, -0.25) is 0 Å². The minimum absolute atomic E-state index is 0.191. The summed E-state index contributed by atoms with van der Waals surface area (Å²) in [6.45, 7) is 7.92. The van der Waals surface area contributed by atoms with Gasteiger partial charge in [0.05, 0.1) is 6.10 Å². The van der Waals surface area contributed by atoms with Gasteiger partial charge in [-0.2, -0.15) is 0 Å². The average Bonchev–Trinajstić information content (AvgIpc) is 2.43. The van der Waals surface area contributed by atoms with E-state index in [0.29, 0.717) is 6.01 Å². The molecule has 0 spiro atoms. The molecule has 3 heteroatoms. The fraction of sp³-hybridized carbons (Fsp3) is 0.625. The lowest BCUT2D eigenvalue weighted by molar-refractivity contribution is 0.224. The van der Waals surface area contributed by atoms with Gasteiger partial charge >= 0.3 is 0 Å². The standard InChI is InChI=1S/C6H10N2O.C2H6/c1-5(2)9-6-7-3-4-8-6;1-2/h3-5H,1-2H3,(H,7,8);1-2H3. The van der Waals surface area contributed by atoms with E-state index in [1.165, 1.54) is 0 Å². The van der Waals surface area contributed by atoms with E-state index < -0.39 is 0 Å². The van der Waals surface area contributed by atoms with E-state index >= 15 is 0 Å². The van der Waals surface area contributed by atoms with Crippen molar-refractivity contribution in [1.29, 1.82) is 0 Å². The van der Waals surface area contributed by atoms with Crippen LogP contribution in [0.3, 0.4) is 0 Å². The molecule has 0 amide bonds. The summed E-state index contributed by atoms with van der Waals surface area (Å²) in [7, 11) is 0. The van der Waals surface area contributed by atoms with Crippen molar-refractivity contribution in [1.82, 2.24) is 9.97 Å². The van der Waals surface area contributed by atoms with E-state index in [1.807, 2.05) is 27.7 Å². The Bertz CT molecular complexity index is 159. The molecule has 1 aromatic heterocycles. The van der Waals surface area contributed by atoms with Gasteiger partial charge in [0, 0.05) is 12.4 Å². The molecule has 0 radical (unpaired) electrons. The highest BCUT2D eigenvalue weighted by Crippen LogP contribution is 2.00. The number of hydrogen-bond acceptors (Lipinski definition) is 2. The molecule has 0 saturated heterocycles. The second-order valence-electron chi connectivity index (χ2n) is 2.06. The zero-order chi connectivity index (χ0) is 8.69. The van der Waals surface area contributed by atoms with E-state index in [4.69, 9.17) is 4.74 Å². The van der Waals surface area contributed by atoms with Crippen LogP contribution in [0.2, 0.25) is 0 Å². The number of imidazole rings is 1. The van der Waals surface area contributed by atoms with Crippen molar-refractivity contribution in [2.24, 2.45) is 0 Å². The maximum absolute atomic E-state index is 5.19. The predicted molar refractivity (Wildman–Crippen MR) is 45.7 cm³/mol. The minimum atomic E-state index is 0.191. The van der Waals surface area contributed by atoms with E-state index in [9.17, 15) is 0 Å². The lowest BCUT2D eigenvalue weighted by atomic mass is 10.5. The van der Waals surface area contributed by atoms with Crippen LogP contribution in [0.25, 0.3) is 0 Å².